The average Bonchev–Trinajstić information content (AvgIpc) is 2.66. The third kappa shape index (κ3) is 5.04. The molecule has 2 rings (SSSR count). The summed E-state index contributed by atoms with van der Waals surface area (Å²) in [4.78, 5) is 9.13. The van der Waals surface area contributed by atoms with Gasteiger partial charge in [0.05, 0.1) is 5.69 Å². The lowest BCUT2D eigenvalue weighted by Crippen LogP contribution is -1.95. The summed E-state index contributed by atoms with van der Waals surface area (Å²) in [7, 11) is 1.88. The molecule has 26 heavy (non-hydrogen) atoms. The van der Waals surface area contributed by atoms with E-state index in [0.29, 0.717) is 0 Å². The Labute approximate surface area is 158 Å². The molecule has 1 N–H and O–H groups in total. The molecule has 0 aromatic carbocycles. The molecule has 0 fully saturated rings. The van der Waals surface area contributed by atoms with Gasteiger partial charge < -0.3 is 5.32 Å². The highest BCUT2D eigenvalue weighted by molar-refractivity contribution is 5.87. The molecule has 0 unspecified atom stereocenters. The number of allylic oxidation sites excluding steroid dienone is 6. The van der Waals surface area contributed by atoms with Gasteiger partial charge in [-0.1, -0.05) is 44.1 Å². The van der Waals surface area contributed by atoms with Crippen LogP contribution in [0.1, 0.15) is 59.1 Å². The van der Waals surface area contributed by atoms with Crippen LogP contribution in [-0.4, -0.2) is 17.0 Å². The number of rotatable bonds is 8. The van der Waals surface area contributed by atoms with Crippen LogP contribution in [0.5, 0.6) is 0 Å². The van der Waals surface area contributed by atoms with Gasteiger partial charge in [-0.15, -0.1) is 0 Å². The number of aromatic nitrogens is 2. The maximum atomic E-state index is 4.71. The Bertz CT molecular complexity index is 828. The van der Waals surface area contributed by atoms with Crippen molar-refractivity contribution in [1.29, 1.82) is 0 Å². The Balaban J connectivity index is 2.36. The highest BCUT2D eigenvalue weighted by Crippen LogP contribution is 2.26. The number of pyridine rings is 2. The predicted molar refractivity (Wildman–Crippen MR) is 114 cm³/mol. The normalized spacial score (nSPS) is 13.3. The van der Waals surface area contributed by atoms with E-state index in [1.165, 1.54) is 29.6 Å². The number of hydrogen-bond acceptors (Lipinski definition) is 3. The number of fused-ring (bicyclic) bond motifs is 1. The lowest BCUT2D eigenvalue weighted by molar-refractivity contribution is 0.794. The van der Waals surface area contributed by atoms with Gasteiger partial charge in [-0.2, -0.15) is 0 Å². The van der Waals surface area contributed by atoms with Crippen LogP contribution in [0.25, 0.3) is 16.3 Å². The summed E-state index contributed by atoms with van der Waals surface area (Å²) >= 11 is 0. The maximum Gasteiger partial charge on any atom is 0.126 e. The molecule has 138 valence electrons. The van der Waals surface area contributed by atoms with Crippen LogP contribution in [0.2, 0.25) is 0 Å². The SMILES string of the molecule is C\C=C(/C(C)=C\C(=C\CC)CCCC)c1cc2cnc(NC)cc2cn1. The first-order valence-electron chi connectivity index (χ1n) is 9.60. The molecule has 3 heteroatoms. The van der Waals surface area contributed by atoms with Crippen LogP contribution in [0.4, 0.5) is 5.82 Å². The molecule has 0 saturated heterocycles. The summed E-state index contributed by atoms with van der Waals surface area (Å²) in [5.74, 6) is 0.861. The van der Waals surface area contributed by atoms with Crippen molar-refractivity contribution in [3.63, 3.8) is 0 Å². The van der Waals surface area contributed by atoms with Crippen LogP contribution in [0, 0.1) is 0 Å². The molecule has 0 atom stereocenters. The van der Waals surface area contributed by atoms with E-state index in [9.17, 15) is 0 Å². The molecule has 0 bridgehead atoms. The first-order valence-corrected chi connectivity index (χ1v) is 9.60. The van der Waals surface area contributed by atoms with E-state index in [1.807, 2.05) is 25.5 Å². The van der Waals surface area contributed by atoms with E-state index in [0.717, 1.165) is 35.1 Å². The van der Waals surface area contributed by atoms with Crippen molar-refractivity contribution in [2.24, 2.45) is 0 Å². The number of hydrogen-bond donors (Lipinski definition) is 1. The Morgan fingerprint density at radius 2 is 1.85 bits per heavy atom. The van der Waals surface area contributed by atoms with E-state index in [1.54, 1.807) is 0 Å². The van der Waals surface area contributed by atoms with Crippen LogP contribution in [0.3, 0.4) is 0 Å². The average molecular weight is 350 g/mol. The standard InChI is InChI=1S/C23H31N3/c1-6-9-11-18(10-7-2)12-17(4)21(8-3)22-13-19-16-26-23(24-5)14-20(19)15-25-22/h8,10,12-16H,6-7,9,11H2,1-5H3,(H,24,26)/b17-12-,18-10+,21-8+. The first kappa shape index (κ1) is 19.9. The zero-order valence-electron chi connectivity index (χ0n) is 16.8. The minimum absolute atomic E-state index is 0.861. The Morgan fingerprint density at radius 3 is 2.50 bits per heavy atom. The van der Waals surface area contributed by atoms with Crippen LogP contribution in [-0.2, 0) is 0 Å². The monoisotopic (exact) mass is 349 g/mol. The minimum atomic E-state index is 0.861. The van der Waals surface area contributed by atoms with Crippen molar-refractivity contribution < 1.29 is 0 Å². The Hall–Kier alpha value is -2.42. The topological polar surface area (TPSA) is 37.8 Å². The summed E-state index contributed by atoms with van der Waals surface area (Å²) in [6.45, 7) is 8.70. The minimum Gasteiger partial charge on any atom is -0.373 e. The molecule has 0 radical (unpaired) electrons. The predicted octanol–water partition coefficient (Wildman–Crippen LogP) is 6.55. The number of nitrogens with one attached hydrogen (secondary N) is 1. The van der Waals surface area contributed by atoms with Crippen LogP contribution >= 0.6 is 0 Å². The number of anilines is 1. The smallest absolute Gasteiger partial charge is 0.126 e. The van der Waals surface area contributed by atoms with Crippen LogP contribution < -0.4 is 5.32 Å². The molecule has 2 aromatic rings. The van der Waals surface area contributed by atoms with Gasteiger partial charge in [0.25, 0.3) is 0 Å². The summed E-state index contributed by atoms with van der Waals surface area (Å²) < 4.78 is 0. The highest BCUT2D eigenvalue weighted by Gasteiger charge is 2.08. The summed E-state index contributed by atoms with van der Waals surface area (Å²) in [6.07, 6.45) is 15.3. The van der Waals surface area contributed by atoms with Crippen molar-refractivity contribution in [2.75, 3.05) is 12.4 Å². The second-order valence-corrected chi connectivity index (χ2v) is 6.56. The van der Waals surface area contributed by atoms with Crippen molar-refractivity contribution in [1.82, 2.24) is 9.97 Å². The second-order valence-electron chi connectivity index (χ2n) is 6.56. The molecule has 0 saturated carbocycles. The van der Waals surface area contributed by atoms with E-state index >= 15 is 0 Å². The van der Waals surface area contributed by atoms with E-state index < -0.39 is 0 Å². The van der Waals surface area contributed by atoms with Gasteiger partial charge in [-0.25, -0.2) is 4.98 Å². The number of unbranched alkanes of at least 4 members (excludes halogenated alkanes) is 1. The lowest BCUT2D eigenvalue weighted by Gasteiger charge is -2.11. The summed E-state index contributed by atoms with van der Waals surface area (Å²) in [5, 5.41) is 5.28. The molecule has 2 aromatic heterocycles. The third-order valence-corrected chi connectivity index (χ3v) is 4.54. The van der Waals surface area contributed by atoms with Crippen molar-refractivity contribution >= 4 is 22.2 Å². The van der Waals surface area contributed by atoms with Gasteiger partial charge in [-0.05, 0) is 56.4 Å². The maximum absolute atomic E-state index is 4.71. The fraction of sp³-hybridized carbons (Fsp3) is 0.391. The second kappa shape index (κ2) is 9.91. The fourth-order valence-corrected chi connectivity index (χ4v) is 3.13. The van der Waals surface area contributed by atoms with Crippen molar-refractivity contribution in [3.8, 4) is 0 Å². The summed E-state index contributed by atoms with van der Waals surface area (Å²) in [6, 6.07) is 4.15. The zero-order valence-corrected chi connectivity index (χ0v) is 16.8. The van der Waals surface area contributed by atoms with Gasteiger partial charge >= 0.3 is 0 Å². The molecule has 0 aliphatic rings. The molecule has 3 nitrogen and oxygen atoms in total. The van der Waals surface area contributed by atoms with E-state index in [4.69, 9.17) is 4.98 Å². The third-order valence-electron chi connectivity index (χ3n) is 4.54. The Kier molecular flexibility index (Phi) is 7.58. The van der Waals surface area contributed by atoms with E-state index in [-0.39, 0.29) is 0 Å². The van der Waals surface area contributed by atoms with Crippen LogP contribution in [0.15, 0.2) is 53.9 Å². The Morgan fingerprint density at radius 1 is 1.12 bits per heavy atom. The quantitative estimate of drug-likeness (QED) is 0.549. The molecule has 0 aliphatic carbocycles. The lowest BCUT2D eigenvalue weighted by atomic mass is 9.97. The van der Waals surface area contributed by atoms with Gasteiger partial charge in [-0.3, -0.25) is 4.98 Å². The van der Waals surface area contributed by atoms with Gasteiger partial charge in [0, 0.05) is 30.2 Å². The fourth-order valence-electron chi connectivity index (χ4n) is 3.13. The molecule has 0 aliphatic heterocycles. The van der Waals surface area contributed by atoms with Gasteiger partial charge in [0.2, 0.25) is 0 Å². The molecule has 0 amide bonds. The zero-order chi connectivity index (χ0) is 18.9. The van der Waals surface area contributed by atoms with Crippen molar-refractivity contribution in [2.45, 2.75) is 53.4 Å². The van der Waals surface area contributed by atoms with E-state index in [2.05, 4.69) is 62.3 Å². The van der Waals surface area contributed by atoms with Gasteiger partial charge in [0.1, 0.15) is 5.82 Å². The molecular formula is C23H31N3. The molecule has 2 heterocycles. The largest absolute Gasteiger partial charge is 0.373 e. The molecule has 0 spiro atoms. The molecular weight excluding hydrogens is 318 g/mol. The summed E-state index contributed by atoms with van der Waals surface area (Å²) in [5.41, 5.74) is 4.87. The van der Waals surface area contributed by atoms with Gasteiger partial charge in [0.15, 0.2) is 0 Å². The first-order chi connectivity index (χ1) is 12.6. The number of nitrogens with zero attached hydrogens (tertiary/aromatic N) is 2. The van der Waals surface area contributed by atoms with Crippen molar-refractivity contribution in [3.05, 3.63) is 59.6 Å². The highest BCUT2D eigenvalue weighted by atomic mass is 14.9.